The fourth-order valence-corrected chi connectivity index (χ4v) is 6.02. The summed E-state index contributed by atoms with van der Waals surface area (Å²) in [6.07, 6.45) is 0. The minimum Gasteiger partial charge on any atom is -0.245 e. The zero-order chi connectivity index (χ0) is 16.9. The van der Waals surface area contributed by atoms with Gasteiger partial charge >= 0.3 is 0 Å². The molecule has 0 radical (unpaired) electrons. The van der Waals surface area contributed by atoms with E-state index in [9.17, 15) is 5.26 Å². The van der Waals surface area contributed by atoms with Gasteiger partial charge in [-0.3, -0.25) is 0 Å². The van der Waals surface area contributed by atoms with Gasteiger partial charge in [0, 0.05) is 39.3 Å². The first-order valence-corrected chi connectivity index (χ1v) is 10.7. The summed E-state index contributed by atoms with van der Waals surface area (Å²) in [6.45, 7) is 6.47. The lowest BCUT2D eigenvalue weighted by Crippen LogP contribution is -2.26. The van der Waals surface area contributed by atoms with Gasteiger partial charge in [-0.2, -0.15) is 17.0 Å². The summed E-state index contributed by atoms with van der Waals surface area (Å²) in [5, 5.41) is 9.24. The molecule has 0 aliphatic carbocycles. The highest BCUT2D eigenvalue weighted by Gasteiger charge is 2.15. The first kappa shape index (κ1) is 17.8. The van der Waals surface area contributed by atoms with Gasteiger partial charge in [0.25, 0.3) is 0 Å². The SMILES string of the molecule is Cc1cc(C)cc(Sc2ccc(C#N)cc2SN2CCSCC2)c1. The van der Waals surface area contributed by atoms with E-state index in [4.69, 9.17) is 0 Å². The average Bonchev–Trinajstić information content (AvgIpc) is 2.56. The van der Waals surface area contributed by atoms with Crippen LogP contribution in [0.4, 0.5) is 0 Å². The third-order valence-corrected chi connectivity index (χ3v) is 6.97. The van der Waals surface area contributed by atoms with Crippen LogP contribution >= 0.6 is 35.5 Å². The summed E-state index contributed by atoms with van der Waals surface area (Å²) in [6, 6.07) is 14.9. The Bertz CT molecular complexity index is 741. The topological polar surface area (TPSA) is 27.0 Å². The monoisotopic (exact) mass is 372 g/mol. The summed E-state index contributed by atoms with van der Waals surface area (Å²) in [4.78, 5) is 3.67. The minimum absolute atomic E-state index is 0.730. The second-order valence-electron chi connectivity index (χ2n) is 5.83. The van der Waals surface area contributed by atoms with Crippen molar-refractivity contribution in [3.8, 4) is 6.07 Å². The predicted octanol–water partition coefficient (Wildman–Crippen LogP) is 5.38. The van der Waals surface area contributed by atoms with Gasteiger partial charge in [0.15, 0.2) is 0 Å². The number of nitrogens with zero attached hydrogens (tertiary/aromatic N) is 2. The van der Waals surface area contributed by atoms with Gasteiger partial charge in [-0.25, -0.2) is 4.31 Å². The quantitative estimate of drug-likeness (QED) is 0.671. The van der Waals surface area contributed by atoms with Crippen LogP contribution in [0, 0.1) is 25.2 Å². The van der Waals surface area contributed by atoms with Gasteiger partial charge in [-0.1, -0.05) is 17.8 Å². The molecular weight excluding hydrogens is 352 g/mol. The smallest absolute Gasteiger partial charge is 0.0992 e. The van der Waals surface area contributed by atoms with Crippen LogP contribution in [0.5, 0.6) is 0 Å². The number of nitriles is 1. The van der Waals surface area contributed by atoms with E-state index in [0.717, 1.165) is 18.7 Å². The molecule has 2 aromatic rings. The Morgan fingerprint density at radius 2 is 1.71 bits per heavy atom. The molecule has 124 valence electrons. The predicted molar refractivity (Wildman–Crippen MR) is 106 cm³/mol. The Balaban J connectivity index is 1.86. The molecular formula is C19H20N2S3. The molecule has 0 bridgehead atoms. The molecule has 2 aromatic carbocycles. The molecule has 2 nitrogen and oxygen atoms in total. The lowest BCUT2D eigenvalue weighted by Gasteiger charge is -2.25. The van der Waals surface area contributed by atoms with Crippen LogP contribution in [0.3, 0.4) is 0 Å². The summed E-state index contributed by atoms with van der Waals surface area (Å²) in [5.74, 6) is 2.37. The maximum Gasteiger partial charge on any atom is 0.0992 e. The van der Waals surface area contributed by atoms with Crippen molar-refractivity contribution in [1.82, 2.24) is 4.31 Å². The van der Waals surface area contributed by atoms with Gasteiger partial charge in [0.1, 0.15) is 0 Å². The van der Waals surface area contributed by atoms with Crippen molar-refractivity contribution in [3.05, 3.63) is 53.1 Å². The van der Waals surface area contributed by atoms with Gasteiger partial charge in [0.05, 0.1) is 11.6 Å². The fraction of sp³-hybridized carbons (Fsp3) is 0.316. The lowest BCUT2D eigenvalue weighted by molar-refractivity contribution is 0.521. The van der Waals surface area contributed by atoms with Gasteiger partial charge < -0.3 is 0 Å². The van der Waals surface area contributed by atoms with E-state index >= 15 is 0 Å². The highest BCUT2D eigenvalue weighted by atomic mass is 32.2. The van der Waals surface area contributed by atoms with E-state index in [-0.39, 0.29) is 0 Å². The summed E-state index contributed by atoms with van der Waals surface area (Å²) < 4.78 is 2.42. The minimum atomic E-state index is 0.730. The standard InChI is InChI=1S/C19H20N2S3/c1-14-9-15(2)11-17(10-14)23-18-4-3-16(13-20)12-19(18)24-21-5-7-22-8-6-21/h3-4,9-12H,5-8H2,1-2H3. The number of thioether (sulfide) groups is 1. The molecule has 1 aliphatic rings. The van der Waals surface area contributed by atoms with Crippen LogP contribution in [0.1, 0.15) is 16.7 Å². The third-order valence-electron chi connectivity index (χ3n) is 3.69. The number of hydrogen-bond donors (Lipinski definition) is 0. The third kappa shape index (κ3) is 4.73. The Morgan fingerprint density at radius 1 is 1.00 bits per heavy atom. The highest BCUT2D eigenvalue weighted by Crippen LogP contribution is 2.38. The summed E-state index contributed by atoms with van der Waals surface area (Å²) in [7, 11) is 0. The Morgan fingerprint density at radius 3 is 2.38 bits per heavy atom. The van der Waals surface area contributed by atoms with Crippen molar-refractivity contribution >= 4 is 35.5 Å². The Hall–Kier alpha value is -1.06. The molecule has 0 aromatic heterocycles. The van der Waals surface area contributed by atoms with Crippen molar-refractivity contribution in [2.45, 2.75) is 28.5 Å². The van der Waals surface area contributed by atoms with Crippen LogP contribution in [-0.4, -0.2) is 28.9 Å². The van der Waals surface area contributed by atoms with E-state index in [1.54, 1.807) is 23.7 Å². The fourth-order valence-electron chi connectivity index (χ4n) is 2.63. The van der Waals surface area contributed by atoms with Crippen LogP contribution in [0.2, 0.25) is 0 Å². The molecule has 1 aliphatic heterocycles. The number of rotatable bonds is 4. The average molecular weight is 373 g/mol. The second-order valence-corrected chi connectivity index (χ2v) is 9.31. The number of hydrogen-bond acceptors (Lipinski definition) is 5. The molecule has 3 rings (SSSR count). The number of aryl methyl sites for hydroxylation is 2. The molecule has 1 heterocycles. The molecule has 0 amide bonds. The number of benzene rings is 2. The van der Waals surface area contributed by atoms with Crippen molar-refractivity contribution in [1.29, 1.82) is 5.26 Å². The van der Waals surface area contributed by atoms with E-state index in [1.807, 2.05) is 23.9 Å². The van der Waals surface area contributed by atoms with Crippen molar-refractivity contribution in [2.75, 3.05) is 24.6 Å². The van der Waals surface area contributed by atoms with Gasteiger partial charge in [0.2, 0.25) is 0 Å². The van der Waals surface area contributed by atoms with Crippen molar-refractivity contribution < 1.29 is 0 Å². The van der Waals surface area contributed by atoms with E-state index < -0.39 is 0 Å². The molecule has 0 saturated carbocycles. The van der Waals surface area contributed by atoms with Crippen molar-refractivity contribution in [2.24, 2.45) is 0 Å². The molecule has 5 heteroatoms. The van der Waals surface area contributed by atoms with Crippen LogP contribution in [0.25, 0.3) is 0 Å². The molecule has 24 heavy (non-hydrogen) atoms. The van der Waals surface area contributed by atoms with Crippen LogP contribution in [0.15, 0.2) is 51.1 Å². The maximum atomic E-state index is 9.24. The molecule has 0 unspecified atom stereocenters. The molecule has 0 spiro atoms. The van der Waals surface area contributed by atoms with E-state index in [2.05, 4.69) is 48.5 Å². The lowest BCUT2D eigenvalue weighted by atomic mass is 10.2. The zero-order valence-electron chi connectivity index (χ0n) is 13.9. The van der Waals surface area contributed by atoms with E-state index in [1.165, 1.54) is 37.3 Å². The normalized spacial score (nSPS) is 15.2. The molecule has 1 saturated heterocycles. The summed E-state index contributed by atoms with van der Waals surface area (Å²) in [5.41, 5.74) is 3.30. The maximum absolute atomic E-state index is 9.24. The first-order chi connectivity index (χ1) is 11.6. The van der Waals surface area contributed by atoms with Crippen LogP contribution < -0.4 is 0 Å². The molecule has 0 atom stereocenters. The van der Waals surface area contributed by atoms with E-state index in [0.29, 0.717) is 0 Å². The van der Waals surface area contributed by atoms with Gasteiger partial charge in [-0.05, 0) is 67.3 Å². The van der Waals surface area contributed by atoms with Crippen LogP contribution in [-0.2, 0) is 0 Å². The molecule has 1 fully saturated rings. The largest absolute Gasteiger partial charge is 0.245 e. The highest BCUT2D eigenvalue weighted by molar-refractivity contribution is 8.01. The van der Waals surface area contributed by atoms with Crippen molar-refractivity contribution in [3.63, 3.8) is 0 Å². The Labute approximate surface area is 157 Å². The second kappa shape index (κ2) is 8.35. The summed E-state index contributed by atoms with van der Waals surface area (Å²) >= 11 is 5.60. The molecule has 0 N–H and O–H groups in total. The van der Waals surface area contributed by atoms with Gasteiger partial charge in [-0.15, -0.1) is 0 Å². The first-order valence-electron chi connectivity index (χ1n) is 7.95. The Kier molecular flexibility index (Phi) is 6.18. The zero-order valence-corrected chi connectivity index (χ0v) is 16.4.